The van der Waals surface area contributed by atoms with Crippen LogP contribution in [0.1, 0.15) is 6.42 Å². The summed E-state index contributed by atoms with van der Waals surface area (Å²) in [5.41, 5.74) is 0. The molecule has 3 nitrogen and oxygen atoms in total. The molecule has 0 aliphatic heterocycles. The van der Waals surface area contributed by atoms with E-state index in [4.69, 9.17) is 4.55 Å². The number of thiol groups is 2. The van der Waals surface area contributed by atoms with E-state index in [0.717, 1.165) is 0 Å². The average Bonchev–Trinajstić information content (AvgIpc) is 1.59. The Hall–Kier alpha value is 2.25. The zero-order chi connectivity index (χ0) is 7.49. The molecule has 0 spiro atoms. The summed E-state index contributed by atoms with van der Waals surface area (Å²) in [6.45, 7) is 0. The first kappa shape index (κ1) is 14.8. The van der Waals surface area contributed by atoms with Crippen molar-refractivity contribution in [2.45, 2.75) is 11.0 Å². The first-order valence-electron chi connectivity index (χ1n) is 2.23. The van der Waals surface area contributed by atoms with Gasteiger partial charge in [-0.3, -0.25) is 4.55 Å². The van der Waals surface area contributed by atoms with E-state index in [0.29, 0.717) is 0 Å². The molecule has 1 N–H and O–H groups in total. The third-order valence-electron chi connectivity index (χ3n) is 0.634. The van der Waals surface area contributed by atoms with E-state index in [9.17, 15) is 8.42 Å². The van der Waals surface area contributed by atoms with Gasteiger partial charge in [-0.05, 0) is 6.42 Å². The monoisotopic (exact) mass is 228 g/mol. The molecule has 0 aliphatic rings. The van der Waals surface area contributed by atoms with Crippen molar-refractivity contribution in [3.05, 3.63) is 0 Å². The van der Waals surface area contributed by atoms with E-state index in [2.05, 4.69) is 25.3 Å². The van der Waals surface area contributed by atoms with Gasteiger partial charge in [-0.1, -0.05) is 0 Å². The fourth-order valence-electron chi connectivity index (χ4n) is 0.254. The Labute approximate surface area is 114 Å². The Bertz CT molecular complexity index is 164. The molecular formula is C3H9KO3S3. The van der Waals surface area contributed by atoms with Gasteiger partial charge in [0.15, 0.2) is 0 Å². The standard InChI is InChI=1S/C3H8O3S3.K.H/c4-9(5,6)2-1-3(7)8;;/h3,7-8H,1-2H2,(H,4,5,6);;. The summed E-state index contributed by atoms with van der Waals surface area (Å²) in [5, 5.41) is 0. The molecule has 0 aromatic carbocycles. The molecule has 58 valence electrons. The van der Waals surface area contributed by atoms with Crippen molar-refractivity contribution >= 4 is 86.8 Å². The summed E-state index contributed by atoms with van der Waals surface area (Å²) in [6, 6.07) is 0. The zero-order valence-corrected chi connectivity index (χ0v) is 7.16. The summed E-state index contributed by atoms with van der Waals surface area (Å²) in [4.78, 5) is 0. The molecule has 0 atom stereocenters. The topological polar surface area (TPSA) is 54.4 Å². The van der Waals surface area contributed by atoms with Crippen molar-refractivity contribution in [2.24, 2.45) is 0 Å². The first-order chi connectivity index (χ1) is 3.92. The van der Waals surface area contributed by atoms with E-state index in [1.807, 2.05) is 0 Å². The van der Waals surface area contributed by atoms with Gasteiger partial charge >= 0.3 is 51.4 Å². The second-order valence-electron chi connectivity index (χ2n) is 1.56. The SMILES string of the molecule is O=S(=O)(O)CCC(S)S.[KH]. The average molecular weight is 228 g/mol. The first-order valence-corrected chi connectivity index (χ1v) is 4.87. The van der Waals surface area contributed by atoms with Crippen LogP contribution < -0.4 is 0 Å². The van der Waals surface area contributed by atoms with Crippen molar-refractivity contribution in [3.8, 4) is 0 Å². The maximum absolute atomic E-state index is 10.0. The van der Waals surface area contributed by atoms with Gasteiger partial charge < -0.3 is 0 Å². The molecule has 0 fully saturated rings. The van der Waals surface area contributed by atoms with Gasteiger partial charge in [-0.2, -0.15) is 33.7 Å². The van der Waals surface area contributed by atoms with Crippen LogP contribution in [0.3, 0.4) is 0 Å². The van der Waals surface area contributed by atoms with Crippen LogP contribution in [0.5, 0.6) is 0 Å². The van der Waals surface area contributed by atoms with E-state index in [1.54, 1.807) is 0 Å². The Morgan fingerprint density at radius 1 is 1.40 bits per heavy atom. The van der Waals surface area contributed by atoms with Gasteiger partial charge in [0.05, 0.1) is 5.75 Å². The molecule has 0 saturated heterocycles. The molecule has 0 aliphatic carbocycles. The summed E-state index contributed by atoms with van der Waals surface area (Å²) < 4.78 is 27.9. The third kappa shape index (κ3) is 12.9. The summed E-state index contributed by atoms with van der Waals surface area (Å²) >= 11 is 7.60. The van der Waals surface area contributed by atoms with Crippen LogP contribution in [0.2, 0.25) is 0 Å². The third-order valence-corrected chi connectivity index (χ3v) is 1.90. The summed E-state index contributed by atoms with van der Waals surface area (Å²) in [6.07, 6.45) is 0.255. The second kappa shape index (κ2) is 6.73. The molecule has 10 heavy (non-hydrogen) atoms. The van der Waals surface area contributed by atoms with Crippen LogP contribution in [-0.2, 0) is 10.1 Å². The van der Waals surface area contributed by atoms with E-state index in [-0.39, 0.29) is 68.1 Å². The Balaban J connectivity index is 0. The van der Waals surface area contributed by atoms with Gasteiger partial charge in [-0.15, -0.1) is 0 Å². The van der Waals surface area contributed by atoms with Gasteiger partial charge in [0.25, 0.3) is 10.1 Å². The Kier molecular flexibility index (Phi) is 9.93. The normalized spacial score (nSPS) is 11.2. The predicted octanol–water partition coefficient (Wildman–Crippen LogP) is -0.198. The summed E-state index contributed by atoms with van der Waals surface area (Å²) in [5.74, 6) is -0.273. The van der Waals surface area contributed by atoms with E-state index >= 15 is 0 Å². The number of hydrogen-bond acceptors (Lipinski definition) is 4. The number of hydrogen-bond donors (Lipinski definition) is 3. The van der Waals surface area contributed by atoms with Crippen LogP contribution in [0.4, 0.5) is 0 Å². The van der Waals surface area contributed by atoms with Crippen LogP contribution in [-0.4, -0.2) is 74.7 Å². The minimum absolute atomic E-state index is 0. The van der Waals surface area contributed by atoms with Crippen molar-refractivity contribution < 1.29 is 13.0 Å². The zero-order valence-electron chi connectivity index (χ0n) is 4.56. The van der Waals surface area contributed by atoms with Crippen molar-refractivity contribution in [3.63, 3.8) is 0 Å². The minimum atomic E-state index is -3.82. The van der Waals surface area contributed by atoms with Crippen LogP contribution >= 0.6 is 25.3 Å². The maximum atomic E-state index is 10.0. The molecule has 0 aromatic heterocycles. The van der Waals surface area contributed by atoms with Gasteiger partial charge in [0.2, 0.25) is 0 Å². The molecular weight excluding hydrogens is 219 g/mol. The molecule has 0 bridgehead atoms. The van der Waals surface area contributed by atoms with Gasteiger partial charge in [0, 0.05) is 4.58 Å². The quantitative estimate of drug-likeness (QED) is 0.271. The molecule has 7 heteroatoms. The fraction of sp³-hybridized carbons (Fsp3) is 1.00. The van der Waals surface area contributed by atoms with Crippen LogP contribution in [0.15, 0.2) is 0 Å². The molecule has 0 heterocycles. The van der Waals surface area contributed by atoms with E-state index in [1.165, 1.54) is 0 Å². The Morgan fingerprint density at radius 2 is 1.80 bits per heavy atom. The molecule has 0 saturated carbocycles. The molecule has 0 amide bonds. The van der Waals surface area contributed by atoms with Crippen molar-refractivity contribution in [2.75, 3.05) is 5.75 Å². The summed E-state index contributed by atoms with van der Waals surface area (Å²) in [7, 11) is -3.82. The van der Waals surface area contributed by atoms with Crippen molar-refractivity contribution in [1.82, 2.24) is 0 Å². The van der Waals surface area contributed by atoms with E-state index < -0.39 is 10.1 Å². The molecule has 0 radical (unpaired) electrons. The number of rotatable bonds is 3. The van der Waals surface area contributed by atoms with Crippen LogP contribution in [0, 0.1) is 0 Å². The van der Waals surface area contributed by atoms with Crippen LogP contribution in [0.25, 0.3) is 0 Å². The fourth-order valence-corrected chi connectivity index (χ4v) is 1.40. The van der Waals surface area contributed by atoms with Gasteiger partial charge in [-0.25, -0.2) is 0 Å². The Morgan fingerprint density at radius 3 is 1.90 bits per heavy atom. The second-order valence-corrected chi connectivity index (χ2v) is 4.78. The van der Waals surface area contributed by atoms with Crippen molar-refractivity contribution in [1.29, 1.82) is 0 Å². The molecule has 0 rings (SSSR count). The predicted molar refractivity (Wildman–Crippen MR) is 49.9 cm³/mol. The van der Waals surface area contributed by atoms with Gasteiger partial charge in [0.1, 0.15) is 0 Å². The molecule has 0 aromatic rings. The molecule has 0 unspecified atom stereocenters.